The molecule has 0 aliphatic heterocycles. The smallest absolute Gasteiger partial charge is 0.219 e. The van der Waals surface area contributed by atoms with Crippen molar-refractivity contribution in [1.29, 1.82) is 0 Å². The molecule has 0 amide bonds. The second-order valence-corrected chi connectivity index (χ2v) is 7.41. The van der Waals surface area contributed by atoms with Gasteiger partial charge in [-0.15, -0.1) is 11.6 Å². The molecular formula is C26H25ClN2O3. The third-order valence-electron chi connectivity index (χ3n) is 4.35. The van der Waals surface area contributed by atoms with Crippen LogP contribution in [-0.2, 0) is 12.5 Å². The number of aromatic nitrogens is 2. The molecule has 2 heterocycles. The second-order valence-electron chi connectivity index (χ2n) is 7.14. The first kappa shape index (κ1) is 23.3. The number of halogens is 1. The van der Waals surface area contributed by atoms with Crippen LogP contribution in [0, 0.1) is 13.8 Å². The van der Waals surface area contributed by atoms with Crippen molar-refractivity contribution in [3.05, 3.63) is 107 Å². The van der Waals surface area contributed by atoms with Crippen LogP contribution in [0.5, 0.6) is 23.3 Å². The van der Waals surface area contributed by atoms with Crippen LogP contribution < -0.4 is 9.47 Å². The van der Waals surface area contributed by atoms with Crippen LogP contribution >= 0.6 is 11.6 Å². The molecule has 0 bridgehead atoms. The lowest BCUT2D eigenvalue weighted by atomic mass is 10.2. The lowest BCUT2D eigenvalue weighted by Crippen LogP contribution is -1.89. The number of aryl methyl sites for hydroxylation is 2. The average Bonchev–Trinajstić information content (AvgIpc) is 2.83. The summed E-state index contributed by atoms with van der Waals surface area (Å²) < 4.78 is 11.2. The molecule has 0 fully saturated rings. The predicted octanol–water partition coefficient (Wildman–Crippen LogP) is 6.60. The van der Waals surface area contributed by atoms with Gasteiger partial charge in [-0.2, -0.15) is 0 Å². The maximum absolute atomic E-state index is 8.99. The molecule has 0 radical (unpaired) electrons. The molecule has 4 rings (SSSR count). The Balaban J connectivity index is 0.000000181. The van der Waals surface area contributed by atoms with Crippen molar-refractivity contribution in [1.82, 2.24) is 9.97 Å². The standard InChI is InChI=1S/C13H12ClNO.C13H13NO2/c1-10-5-6-13(15-9-10)16-12-4-2-3-11(7-12)8-14;1-10-5-6-13(14-8-10)16-12-4-2-3-11(7-12)9-15/h2-7,9H,8H2,1H3;2-8,15H,9H2,1H3. The molecule has 0 aliphatic rings. The van der Waals surface area contributed by atoms with Gasteiger partial charge in [-0.1, -0.05) is 36.4 Å². The fourth-order valence-electron chi connectivity index (χ4n) is 2.67. The van der Waals surface area contributed by atoms with E-state index < -0.39 is 0 Å². The van der Waals surface area contributed by atoms with Crippen LogP contribution in [0.1, 0.15) is 22.3 Å². The third-order valence-corrected chi connectivity index (χ3v) is 4.66. The Morgan fingerprint density at radius 3 is 1.66 bits per heavy atom. The van der Waals surface area contributed by atoms with Crippen LogP contribution in [0.15, 0.2) is 85.2 Å². The Morgan fingerprint density at radius 2 is 1.22 bits per heavy atom. The van der Waals surface area contributed by atoms with E-state index >= 15 is 0 Å². The summed E-state index contributed by atoms with van der Waals surface area (Å²) in [4.78, 5) is 8.32. The number of aliphatic hydroxyl groups excluding tert-OH is 1. The summed E-state index contributed by atoms with van der Waals surface area (Å²) in [7, 11) is 0. The predicted molar refractivity (Wildman–Crippen MR) is 126 cm³/mol. The first-order valence-corrected chi connectivity index (χ1v) is 10.6. The highest BCUT2D eigenvalue weighted by molar-refractivity contribution is 6.17. The van der Waals surface area contributed by atoms with Crippen LogP contribution in [-0.4, -0.2) is 15.1 Å². The molecule has 2 aromatic carbocycles. The van der Waals surface area contributed by atoms with E-state index in [1.807, 2.05) is 80.6 Å². The molecular weight excluding hydrogens is 424 g/mol. The summed E-state index contributed by atoms with van der Waals surface area (Å²) >= 11 is 5.75. The van der Waals surface area contributed by atoms with Crippen molar-refractivity contribution in [2.24, 2.45) is 0 Å². The van der Waals surface area contributed by atoms with Gasteiger partial charge in [0.15, 0.2) is 0 Å². The molecule has 5 nitrogen and oxygen atoms in total. The highest BCUT2D eigenvalue weighted by Gasteiger charge is 2.00. The molecule has 0 saturated heterocycles. The molecule has 0 aliphatic carbocycles. The van der Waals surface area contributed by atoms with Crippen LogP contribution in [0.3, 0.4) is 0 Å². The number of aliphatic hydroxyl groups is 1. The van der Waals surface area contributed by atoms with Crippen molar-refractivity contribution >= 4 is 11.6 Å². The maximum Gasteiger partial charge on any atom is 0.219 e. The van der Waals surface area contributed by atoms with E-state index in [-0.39, 0.29) is 6.61 Å². The van der Waals surface area contributed by atoms with E-state index in [0.717, 1.165) is 28.0 Å². The minimum Gasteiger partial charge on any atom is -0.439 e. The Labute approximate surface area is 193 Å². The van der Waals surface area contributed by atoms with Gasteiger partial charge in [0.2, 0.25) is 11.8 Å². The summed E-state index contributed by atoms with van der Waals surface area (Å²) in [5.41, 5.74) is 4.06. The first-order valence-electron chi connectivity index (χ1n) is 10.1. The zero-order valence-electron chi connectivity index (χ0n) is 18.0. The summed E-state index contributed by atoms with van der Waals surface area (Å²) in [6.45, 7) is 3.98. The largest absolute Gasteiger partial charge is 0.439 e. The molecule has 0 spiro atoms. The molecule has 2 aromatic heterocycles. The number of hydrogen-bond acceptors (Lipinski definition) is 5. The van der Waals surface area contributed by atoms with Crippen LogP contribution in [0.4, 0.5) is 0 Å². The highest BCUT2D eigenvalue weighted by Crippen LogP contribution is 2.22. The number of rotatable bonds is 6. The number of benzene rings is 2. The summed E-state index contributed by atoms with van der Waals surface area (Å²) in [6.07, 6.45) is 3.53. The monoisotopic (exact) mass is 448 g/mol. The average molecular weight is 449 g/mol. The van der Waals surface area contributed by atoms with Crippen molar-refractivity contribution in [3.63, 3.8) is 0 Å². The molecule has 164 valence electrons. The number of pyridine rings is 2. The van der Waals surface area contributed by atoms with Gasteiger partial charge in [0.1, 0.15) is 11.5 Å². The maximum atomic E-state index is 8.99. The van der Waals surface area contributed by atoms with E-state index in [2.05, 4.69) is 9.97 Å². The van der Waals surface area contributed by atoms with Gasteiger partial charge < -0.3 is 14.6 Å². The minimum atomic E-state index is 0.0124. The molecule has 32 heavy (non-hydrogen) atoms. The normalized spacial score (nSPS) is 10.1. The van der Waals surface area contributed by atoms with Gasteiger partial charge in [0.05, 0.1) is 6.61 Å². The number of hydrogen-bond donors (Lipinski definition) is 1. The number of nitrogens with zero attached hydrogens (tertiary/aromatic N) is 2. The molecule has 4 aromatic rings. The Bertz CT molecular complexity index is 1030. The van der Waals surface area contributed by atoms with Crippen molar-refractivity contribution in [3.8, 4) is 23.3 Å². The minimum absolute atomic E-state index is 0.0124. The Hall–Kier alpha value is -3.41. The van der Waals surface area contributed by atoms with Crippen molar-refractivity contribution in [2.75, 3.05) is 0 Å². The van der Waals surface area contributed by atoms with Crippen LogP contribution in [0.25, 0.3) is 0 Å². The van der Waals surface area contributed by atoms with Gasteiger partial charge in [-0.3, -0.25) is 0 Å². The van der Waals surface area contributed by atoms with E-state index in [9.17, 15) is 0 Å². The zero-order chi connectivity index (χ0) is 22.8. The van der Waals surface area contributed by atoms with Crippen molar-refractivity contribution in [2.45, 2.75) is 26.3 Å². The van der Waals surface area contributed by atoms with Crippen LogP contribution in [0.2, 0.25) is 0 Å². The van der Waals surface area contributed by atoms with Gasteiger partial charge >= 0.3 is 0 Å². The van der Waals surface area contributed by atoms with Gasteiger partial charge in [0, 0.05) is 30.4 Å². The number of alkyl halides is 1. The molecule has 0 saturated carbocycles. The zero-order valence-corrected chi connectivity index (χ0v) is 18.8. The highest BCUT2D eigenvalue weighted by atomic mass is 35.5. The lowest BCUT2D eigenvalue weighted by Gasteiger charge is -2.05. The molecule has 0 unspecified atom stereocenters. The Morgan fingerprint density at radius 1 is 0.719 bits per heavy atom. The fraction of sp³-hybridized carbons (Fsp3) is 0.154. The molecule has 1 N–H and O–H groups in total. The lowest BCUT2D eigenvalue weighted by molar-refractivity contribution is 0.281. The second kappa shape index (κ2) is 11.8. The topological polar surface area (TPSA) is 64.5 Å². The SMILES string of the molecule is Cc1ccc(Oc2cccc(CCl)c2)nc1.Cc1ccc(Oc2cccc(CO)c2)nc1. The molecule has 0 atom stereocenters. The summed E-state index contributed by atoms with van der Waals surface area (Å²) in [5, 5.41) is 8.99. The fourth-order valence-corrected chi connectivity index (χ4v) is 2.84. The van der Waals surface area contributed by atoms with Gasteiger partial charge in [-0.25, -0.2) is 9.97 Å². The summed E-state index contributed by atoms with van der Waals surface area (Å²) in [6, 6.07) is 22.6. The van der Waals surface area contributed by atoms with Crippen molar-refractivity contribution < 1.29 is 14.6 Å². The van der Waals surface area contributed by atoms with Gasteiger partial charge in [-0.05, 0) is 60.4 Å². The van der Waals surface area contributed by atoms with E-state index in [4.69, 9.17) is 26.2 Å². The first-order chi connectivity index (χ1) is 15.6. The summed E-state index contributed by atoms with van der Waals surface area (Å²) in [5.74, 6) is 3.08. The van der Waals surface area contributed by atoms with E-state index in [0.29, 0.717) is 23.4 Å². The Kier molecular flexibility index (Phi) is 8.61. The molecule has 6 heteroatoms. The quantitative estimate of drug-likeness (QED) is 0.337. The number of ether oxygens (including phenoxy) is 2. The van der Waals surface area contributed by atoms with Gasteiger partial charge in [0.25, 0.3) is 0 Å². The van der Waals surface area contributed by atoms with E-state index in [1.165, 1.54) is 0 Å². The van der Waals surface area contributed by atoms with E-state index in [1.54, 1.807) is 18.5 Å². The third kappa shape index (κ3) is 7.38.